The van der Waals surface area contributed by atoms with Gasteiger partial charge in [-0.1, -0.05) is 0 Å². The van der Waals surface area contributed by atoms with E-state index in [-0.39, 0.29) is 12.6 Å². The Kier molecular flexibility index (Phi) is 5.45. The van der Waals surface area contributed by atoms with Crippen molar-refractivity contribution in [2.75, 3.05) is 25.6 Å². The third-order valence-corrected chi connectivity index (χ3v) is 3.75. The Morgan fingerprint density at radius 1 is 1.30 bits per heavy atom. The molecule has 0 radical (unpaired) electrons. The van der Waals surface area contributed by atoms with Crippen molar-refractivity contribution in [3.63, 3.8) is 0 Å². The van der Waals surface area contributed by atoms with Crippen molar-refractivity contribution in [1.29, 1.82) is 0 Å². The maximum absolute atomic E-state index is 12.1. The van der Waals surface area contributed by atoms with Crippen LogP contribution in [-0.4, -0.2) is 76.4 Å². The van der Waals surface area contributed by atoms with E-state index in [0.29, 0.717) is 24.9 Å². The summed E-state index contributed by atoms with van der Waals surface area (Å²) in [4.78, 5) is 13.5. The van der Waals surface area contributed by atoms with Crippen molar-refractivity contribution in [2.24, 2.45) is 5.92 Å². The first kappa shape index (κ1) is 15.8. The molecule has 4 N–H and O–H groups in total. The fourth-order valence-corrected chi connectivity index (χ4v) is 2.30. The Morgan fingerprint density at radius 3 is 2.60 bits per heavy atom. The summed E-state index contributed by atoms with van der Waals surface area (Å²) in [6, 6.07) is -0.384. The van der Waals surface area contributed by atoms with Crippen LogP contribution >= 0.6 is 11.6 Å². The molecule has 1 aliphatic carbocycles. The molecule has 8 heteroatoms. The van der Waals surface area contributed by atoms with Crippen LogP contribution < -0.4 is 5.32 Å². The van der Waals surface area contributed by atoms with E-state index in [4.69, 9.17) is 16.3 Å². The number of ether oxygens (including phenoxy) is 1. The lowest BCUT2D eigenvalue weighted by Gasteiger charge is -2.41. The predicted octanol–water partition coefficient (Wildman–Crippen LogP) is -0.914. The standard InChI is InChI=1S/C12H21ClN2O5/c13-3-4-14-12(19)15(5-7-1-2-7)11-10(18)9(17)8(16)6-20-11/h7-11,16-18H,1-6H2,(H,14,19)/t8-,9-,10+,11-/m1/s1. The average molecular weight is 309 g/mol. The van der Waals surface area contributed by atoms with E-state index >= 15 is 0 Å². The van der Waals surface area contributed by atoms with Crippen LogP contribution in [-0.2, 0) is 4.74 Å². The summed E-state index contributed by atoms with van der Waals surface area (Å²) in [6.45, 7) is 0.654. The minimum Gasteiger partial charge on any atom is -0.388 e. The first-order valence-electron chi connectivity index (χ1n) is 6.80. The summed E-state index contributed by atoms with van der Waals surface area (Å²) >= 11 is 5.54. The number of aliphatic hydroxyl groups excluding tert-OH is 3. The van der Waals surface area contributed by atoms with Crippen LogP contribution in [0.15, 0.2) is 0 Å². The van der Waals surface area contributed by atoms with Crippen LogP contribution in [0.3, 0.4) is 0 Å². The van der Waals surface area contributed by atoms with E-state index in [2.05, 4.69) is 5.32 Å². The molecule has 2 fully saturated rings. The number of rotatable bonds is 5. The van der Waals surface area contributed by atoms with Gasteiger partial charge in [-0.2, -0.15) is 0 Å². The van der Waals surface area contributed by atoms with Gasteiger partial charge in [0.15, 0.2) is 6.23 Å². The van der Waals surface area contributed by atoms with E-state index in [1.807, 2.05) is 0 Å². The molecule has 1 heterocycles. The summed E-state index contributed by atoms with van der Waals surface area (Å²) in [5.41, 5.74) is 0. The average Bonchev–Trinajstić information content (AvgIpc) is 3.24. The molecule has 2 aliphatic rings. The number of amides is 2. The highest BCUT2D eigenvalue weighted by atomic mass is 35.5. The van der Waals surface area contributed by atoms with E-state index in [0.717, 1.165) is 12.8 Å². The number of nitrogens with one attached hydrogen (secondary N) is 1. The summed E-state index contributed by atoms with van der Waals surface area (Å²) in [7, 11) is 0. The molecular weight excluding hydrogens is 288 g/mol. The molecule has 1 saturated heterocycles. The number of aliphatic hydroxyl groups is 3. The van der Waals surface area contributed by atoms with Crippen molar-refractivity contribution in [3.05, 3.63) is 0 Å². The highest BCUT2D eigenvalue weighted by molar-refractivity contribution is 6.18. The van der Waals surface area contributed by atoms with Crippen LogP contribution in [0.2, 0.25) is 0 Å². The number of alkyl halides is 1. The van der Waals surface area contributed by atoms with Crippen molar-refractivity contribution < 1.29 is 24.9 Å². The maximum Gasteiger partial charge on any atom is 0.319 e. The Morgan fingerprint density at radius 2 is 2.00 bits per heavy atom. The minimum absolute atomic E-state index is 0.118. The largest absolute Gasteiger partial charge is 0.388 e. The summed E-state index contributed by atoms with van der Waals surface area (Å²) < 4.78 is 5.34. The van der Waals surface area contributed by atoms with Gasteiger partial charge in [-0.25, -0.2) is 4.79 Å². The fraction of sp³-hybridized carbons (Fsp3) is 0.917. The highest BCUT2D eigenvalue weighted by Crippen LogP contribution is 2.31. The van der Waals surface area contributed by atoms with Crippen LogP contribution in [0.4, 0.5) is 4.79 Å². The molecule has 0 aromatic rings. The number of nitrogens with zero attached hydrogens (tertiary/aromatic N) is 1. The van der Waals surface area contributed by atoms with Crippen LogP contribution in [0, 0.1) is 5.92 Å². The lowest BCUT2D eigenvalue weighted by atomic mass is 10.0. The van der Waals surface area contributed by atoms with E-state index in [1.54, 1.807) is 0 Å². The normalized spacial score (nSPS) is 33.8. The molecule has 2 rings (SSSR count). The molecule has 1 saturated carbocycles. The number of hydrogen-bond donors (Lipinski definition) is 4. The van der Waals surface area contributed by atoms with Crippen molar-refractivity contribution in [2.45, 2.75) is 37.4 Å². The zero-order valence-electron chi connectivity index (χ0n) is 11.1. The van der Waals surface area contributed by atoms with Gasteiger partial charge in [0.05, 0.1) is 6.61 Å². The highest BCUT2D eigenvalue weighted by Gasteiger charge is 2.43. The zero-order chi connectivity index (χ0) is 14.7. The smallest absolute Gasteiger partial charge is 0.319 e. The third kappa shape index (κ3) is 3.73. The molecule has 116 valence electrons. The Labute approximate surface area is 122 Å². The van der Waals surface area contributed by atoms with Crippen LogP contribution in [0.5, 0.6) is 0 Å². The summed E-state index contributed by atoms with van der Waals surface area (Å²) in [6.07, 6.45) is -2.68. The van der Waals surface area contributed by atoms with Gasteiger partial charge in [0.25, 0.3) is 0 Å². The predicted molar refractivity (Wildman–Crippen MR) is 71.3 cm³/mol. The quantitative estimate of drug-likeness (QED) is 0.492. The first-order valence-corrected chi connectivity index (χ1v) is 7.34. The van der Waals surface area contributed by atoms with Gasteiger partial charge >= 0.3 is 6.03 Å². The Bertz CT molecular complexity index is 342. The number of urea groups is 1. The summed E-state index contributed by atoms with van der Waals surface area (Å²) in [5, 5.41) is 31.8. The van der Waals surface area contributed by atoms with Crippen molar-refractivity contribution in [1.82, 2.24) is 10.2 Å². The molecule has 1 aliphatic heterocycles. The van der Waals surface area contributed by atoms with Gasteiger partial charge in [-0.3, -0.25) is 4.90 Å². The molecule has 0 unspecified atom stereocenters. The van der Waals surface area contributed by atoms with Crippen molar-refractivity contribution in [3.8, 4) is 0 Å². The fourth-order valence-electron chi connectivity index (χ4n) is 2.20. The lowest BCUT2D eigenvalue weighted by molar-refractivity contribution is -0.219. The molecule has 0 aromatic carbocycles. The van der Waals surface area contributed by atoms with Gasteiger partial charge < -0.3 is 25.4 Å². The van der Waals surface area contributed by atoms with E-state index in [9.17, 15) is 20.1 Å². The monoisotopic (exact) mass is 308 g/mol. The Balaban J connectivity index is 2.02. The molecular formula is C12H21ClN2O5. The second kappa shape index (κ2) is 6.91. The molecule has 0 bridgehead atoms. The molecule has 4 atom stereocenters. The number of carbonyl (C=O) groups excluding carboxylic acids is 1. The van der Waals surface area contributed by atoms with Crippen molar-refractivity contribution >= 4 is 17.6 Å². The lowest BCUT2D eigenvalue weighted by Crippen LogP contribution is -2.62. The second-order valence-electron chi connectivity index (χ2n) is 5.29. The molecule has 7 nitrogen and oxygen atoms in total. The first-order chi connectivity index (χ1) is 9.54. The van der Waals surface area contributed by atoms with E-state index < -0.39 is 24.5 Å². The van der Waals surface area contributed by atoms with Gasteiger partial charge in [-0.05, 0) is 18.8 Å². The summed E-state index contributed by atoms with van der Waals surface area (Å²) in [5.74, 6) is 0.690. The van der Waals surface area contributed by atoms with Gasteiger partial charge in [0.2, 0.25) is 0 Å². The number of halogens is 1. The van der Waals surface area contributed by atoms with E-state index in [1.165, 1.54) is 4.90 Å². The van der Waals surface area contributed by atoms with Gasteiger partial charge in [0, 0.05) is 19.0 Å². The molecule has 0 aromatic heterocycles. The topological polar surface area (TPSA) is 102 Å². The van der Waals surface area contributed by atoms with Crippen LogP contribution in [0.25, 0.3) is 0 Å². The minimum atomic E-state index is -1.33. The third-order valence-electron chi connectivity index (χ3n) is 3.56. The van der Waals surface area contributed by atoms with Gasteiger partial charge in [-0.15, -0.1) is 11.6 Å². The molecule has 2 amide bonds. The second-order valence-corrected chi connectivity index (χ2v) is 5.67. The molecule has 20 heavy (non-hydrogen) atoms. The zero-order valence-corrected chi connectivity index (χ0v) is 11.9. The number of hydrogen-bond acceptors (Lipinski definition) is 5. The maximum atomic E-state index is 12.1. The molecule has 0 spiro atoms. The number of carbonyl (C=O) groups is 1. The van der Waals surface area contributed by atoms with Crippen LogP contribution in [0.1, 0.15) is 12.8 Å². The van der Waals surface area contributed by atoms with Gasteiger partial charge in [0.1, 0.15) is 18.3 Å². The SMILES string of the molecule is O=C(NCCCl)N(CC1CC1)[C@@H]1OC[C@@H](O)[C@@H](O)[C@@H]1O. The Hall–Kier alpha value is -0.600.